The lowest BCUT2D eigenvalue weighted by molar-refractivity contribution is 0.0596. The zero-order valence-electron chi connectivity index (χ0n) is 12.8. The molecule has 1 aromatic rings. The van der Waals surface area contributed by atoms with Gasteiger partial charge in [-0.3, -0.25) is 0 Å². The van der Waals surface area contributed by atoms with Crippen molar-refractivity contribution in [3.8, 4) is 0 Å². The number of methoxy groups -OCH3 is 1. The van der Waals surface area contributed by atoms with Gasteiger partial charge >= 0.3 is 5.97 Å². The van der Waals surface area contributed by atoms with E-state index in [1.54, 1.807) is 12.1 Å². The Kier molecular flexibility index (Phi) is 6.37. The Morgan fingerprint density at radius 3 is 2.59 bits per heavy atom. The third kappa shape index (κ3) is 3.43. The molecule has 0 aliphatic carbocycles. The molecule has 8 heteroatoms. The molecule has 1 N–H and O–H groups in total. The van der Waals surface area contributed by atoms with Gasteiger partial charge in [0.05, 0.1) is 17.6 Å². The molecule has 2 unspecified atom stereocenters. The van der Waals surface area contributed by atoms with Crippen LogP contribution in [-0.4, -0.2) is 51.0 Å². The number of hydrogen-bond donors (Lipinski definition) is 1. The second kappa shape index (κ2) is 7.41. The van der Waals surface area contributed by atoms with E-state index in [0.717, 1.165) is 0 Å². The second-order valence-corrected chi connectivity index (χ2v) is 6.95. The van der Waals surface area contributed by atoms with Crippen LogP contribution in [0.15, 0.2) is 29.2 Å². The summed E-state index contributed by atoms with van der Waals surface area (Å²) in [6, 6.07) is 6.01. The van der Waals surface area contributed by atoms with Crippen molar-refractivity contribution in [2.45, 2.75) is 30.8 Å². The maximum atomic E-state index is 12.9. The van der Waals surface area contributed by atoms with Crippen molar-refractivity contribution >= 4 is 28.4 Å². The number of nitrogens with zero attached hydrogens (tertiary/aromatic N) is 1. The molecule has 0 bridgehead atoms. The van der Waals surface area contributed by atoms with Gasteiger partial charge in [0.15, 0.2) is 0 Å². The van der Waals surface area contributed by atoms with Gasteiger partial charge in [-0.1, -0.05) is 12.1 Å². The van der Waals surface area contributed by atoms with Gasteiger partial charge < -0.3 is 10.1 Å². The van der Waals surface area contributed by atoms with Crippen molar-refractivity contribution in [3.63, 3.8) is 0 Å². The van der Waals surface area contributed by atoms with Crippen LogP contribution in [0.3, 0.4) is 0 Å². The van der Waals surface area contributed by atoms with Crippen molar-refractivity contribution < 1.29 is 17.9 Å². The minimum absolute atomic E-state index is 0. The van der Waals surface area contributed by atoms with E-state index in [9.17, 15) is 13.2 Å². The zero-order chi connectivity index (χ0) is 15.6. The van der Waals surface area contributed by atoms with Crippen LogP contribution < -0.4 is 5.32 Å². The lowest BCUT2D eigenvalue weighted by Gasteiger charge is -2.37. The summed E-state index contributed by atoms with van der Waals surface area (Å²) in [4.78, 5) is 11.8. The molecule has 1 aromatic carbocycles. The number of hydrogen-bond acceptors (Lipinski definition) is 5. The molecular formula is C14H21ClN2O4S. The standard InChI is InChI=1S/C14H20N2O4S.ClH/c1-10-11(2)16(9-8-15-10)21(18,19)13-7-5-4-6-12(13)14(17)20-3;/h4-7,10-11,15H,8-9H2,1-3H3;1H. The molecule has 0 amide bonds. The Morgan fingerprint density at radius 1 is 1.32 bits per heavy atom. The summed E-state index contributed by atoms with van der Waals surface area (Å²) in [6.45, 7) is 4.77. The highest BCUT2D eigenvalue weighted by molar-refractivity contribution is 7.89. The Labute approximate surface area is 137 Å². The summed E-state index contributed by atoms with van der Waals surface area (Å²) >= 11 is 0. The van der Waals surface area contributed by atoms with Crippen LogP contribution in [0.1, 0.15) is 24.2 Å². The Hall–Kier alpha value is -1.15. The third-order valence-corrected chi connectivity index (χ3v) is 5.90. The molecule has 0 spiro atoms. The summed E-state index contributed by atoms with van der Waals surface area (Å²) in [5.41, 5.74) is 0.0679. The average molecular weight is 349 g/mol. The topological polar surface area (TPSA) is 75.7 Å². The highest BCUT2D eigenvalue weighted by Gasteiger charge is 2.36. The Balaban J connectivity index is 0.00000242. The van der Waals surface area contributed by atoms with E-state index in [4.69, 9.17) is 0 Å². The number of sulfonamides is 1. The van der Waals surface area contributed by atoms with Crippen LogP contribution in [0.5, 0.6) is 0 Å². The van der Waals surface area contributed by atoms with Crippen molar-refractivity contribution in [2.24, 2.45) is 0 Å². The van der Waals surface area contributed by atoms with Crippen LogP contribution in [0, 0.1) is 0 Å². The number of ether oxygens (including phenoxy) is 1. The first-order chi connectivity index (χ1) is 9.89. The van der Waals surface area contributed by atoms with Crippen LogP contribution in [-0.2, 0) is 14.8 Å². The number of rotatable bonds is 3. The molecule has 22 heavy (non-hydrogen) atoms. The maximum absolute atomic E-state index is 12.9. The monoisotopic (exact) mass is 348 g/mol. The first-order valence-electron chi connectivity index (χ1n) is 6.82. The summed E-state index contributed by atoms with van der Waals surface area (Å²) in [7, 11) is -2.50. The maximum Gasteiger partial charge on any atom is 0.339 e. The quantitative estimate of drug-likeness (QED) is 0.832. The molecule has 6 nitrogen and oxygen atoms in total. The van der Waals surface area contributed by atoms with E-state index < -0.39 is 16.0 Å². The number of piperazine rings is 1. The van der Waals surface area contributed by atoms with E-state index in [-0.39, 0.29) is 34.9 Å². The summed E-state index contributed by atoms with van der Waals surface area (Å²) in [5, 5.41) is 3.24. The fourth-order valence-corrected chi connectivity index (χ4v) is 4.35. The Bertz CT molecular complexity index is 635. The minimum atomic E-state index is -3.74. The molecule has 2 atom stereocenters. The van der Waals surface area contributed by atoms with Crippen LogP contribution in [0.25, 0.3) is 0 Å². The lowest BCUT2D eigenvalue weighted by Crippen LogP contribution is -2.57. The smallest absolute Gasteiger partial charge is 0.339 e. The molecule has 0 radical (unpaired) electrons. The van der Waals surface area contributed by atoms with Gasteiger partial charge in [-0.05, 0) is 26.0 Å². The Morgan fingerprint density at radius 2 is 1.95 bits per heavy atom. The van der Waals surface area contributed by atoms with Gasteiger partial charge in [-0.15, -0.1) is 12.4 Å². The number of nitrogens with one attached hydrogen (secondary N) is 1. The minimum Gasteiger partial charge on any atom is -0.465 e. The largest absolute Gasteiger partial charge is 0.465 e. The summed E-state index contributed by atoms with van der Waals surface area (Å²) < 4.78 is 31.9. The van der Waals surface area contributed by atoms with E-state index in [1.807, 2.05) is 13.8 Å². The molecule has 2 rings (SSSR count). The number of benzene rings is 1. The average Bonchev–Trinajstić information content (AvgIpc) is 2.49. The summed E-state index contributed by atoms with van der Waals surface area (Å²) in [5.74, 6) is -0.648. The molecular weight excluding hydrogens is 328 g/mol. The SMILES string of the molecule is COC(=O)c1ccccc1S(=O)(=O)N1CCNC(C)C1C.Cl. The zero-order valence-corrected chi connectivity index (χ0v) is 14.4. The van der Waals surface area contributed by atoms with Crippen LogP contribution in [0.4, 0.5) is 0 Å². The van der Waals surface area contributed by atoms with Gasteiger partial charge in [0.2, 0.25) is 10.0 Å². The van der Waals surface area contributed by atoms with Gasteiger partial charge in [0, 0.05) is 25.2 Å². The first kappa shape index (κ1) is 18.9. The van der Waals surface area contributed by atoms with Crippen molar-refractivity contribution in [3.05, 3.63) is 29.8 Å². The van der Waals surface area contributed by atoms with Gasteiger partial charge in [0.1, 0.15) is 0 Å². The molecule has 1 aliphatic rings. The molecule has 124 valence electrons. The number of carbonyl (C=O) groups is 1. The van der Waals surface area contributed by atoms with E-state index in [0.29, 0.717) is 13.1 Å². The van der Waals surface area contributed by atoms with Gasteiger partial charge in [0.25, 0.3) is 0 Å². The lowest BCUT2D eigenvalue weighted by atomic mass is 10.1. The predicted octanol–water partition coefficient (Wildman–Crippen LogP) is 1.27. The number of esters is 1. The molecule has 0 saturated carbocycles. The first-order valence-corrected chi connectivity index (χ1v) is 8.26. The van der Waals surface area contributed by atoms with Gasteiger partial charge in [-0.2, -0.15) is 4.31 Å². The van der Waals surface area contributed by atoms with Crippen LogP contribution >= 0.6 is 12.4 Å². The van der Waals surface area contributed by atoms with Crippen LogP contribution in [0.2, 0.25) is 0 Å². The molecule has 0 aromatic heterocycles. The predicted molar refractivity (Wildman–Crippen MR) is 85.8 cm³/mol. The molecule has 1 aliphatic heterocycles. The highest BCUT2D eigenvalue weighted by Crippen LogP contribution is 2.24. The fraction of sp³-hybridized carbons (Fsp3) is 0.500. The van der Waals surface area contributed by atoms with Crippen molar-refractivity contribution in [1.29, 1.82) is 0 Å². The number of carbonyl (C=O) groups excluding carboxylic acids is 1. The normalized spacial score (nSPS) is 22.7. The summed E-state index contributed by atoms with van der Waals surface area (Å²) in [6.07, 6.45) is 0. The van der Waals surface area contributed by atoms with E-state index >= 15 is 0 Å². The molecule has 1 fully saturated rings. The van der Waals surface area contributed by atoms with E-state index in [2.05, 4.69) is 10.1 Å². The van der Waals surface area contributed by atoms with Gasteiger partial charge in [-0.25, -0.2) is 13.2 Å². The fourth-order valence-electron chi connectivity index (χ4n) is 2.46. The molecule has 1 heterocycles. The second-order valence-electron chi connectivity index (χ2n) is 5.09. The van der Waals surface area contributed by atoms with E-state index in [1.165, 1.54) is 23.5 Å². The highest BCUT2D eigenvalue weighted by atomic mass is 35.5. The third-order valence-electron chi connectivity index (χ3n) is 3.86. The van der Waals surface area contributed by atoms with Crippen molar-refractivity contribution in [1.82, 2.24) is 9.62 Å². The molecule has 1 saturated heterocycles. The van der Waals surface area contributed by atoms with Crippen molar-refractivity contribution in [2.75, 3.05) is 20.2 Å². The number of halogens is 1.